The highest BCUT2D eigenvalue weighted by atomic mass is 32.1. The van der Waals surface area contributed by atoms with Gasteiger partial charge in [-0.3, -0.25) is 4.79 Å². The molecule has 0 spiro atoms. The molecule has 0 amide bonds. The minimum Gasteiger partial charge on any atom is -0.493 e. The number of rotatable bonds is 4. The maximum Gasteiger partial charge on any atom is 0.353 e. The number of methoxy groups -OCH3 is 1. The van der Waals surface area contributed by atoms with Crippen LogP contribution < -0.4 is 15.2 Å². The van der Waals surface area contributed by atoms with Gasteiger partial charge in [0.15, 0.2) is 17.3 Å². The molecule has 1 aromatic heterocycles. The first kappa shape index (κ1) is 21.7. The zero-order valence-corrected chi connectivity index (χ0v) is 18.7. The number of nitrogens with two attached hydrogens (primary N) is 1. The first-order valence-corrected chi connectivity index (χ1v) is 10.9. The van der Waals surface area contributed by atoms with Crippen molar-refractivity contribution in [1.29, 1.82) is 5.26 Å². The second kappa shape index (κ2) is 8.17. The number of Topliss-reactive ketones (excluding diaryl/α,β-unsaturated/α-hetero) is 1. The average Bonchev–Trinajstić information content (AvgIpc) is 3.27. The molecule has 164 valence electrons. The van der Waals surface area contributed by atoms with Gasteiger partial charge in [0.2, 0.25) is 5.88 Å². The molecule has 0 saturated carbocycles. The van der Waals surface area contributed by atoms with Gasteiger partial charge in [-0.25, -0.2) is 4.79 Å². The fourth-order valence-corrected chi connectivity index (χ4v) is 4.71. The molecule has 4 rings (SSSR count). The molecular weight excluding hydrogens is 428 g/mol. The summed E-state index contributed by atoms with van der Waals surface area (Å²) < 4.78 is 16.7. The summed E-state index contributed by atoms with van der Waals surface area (Å²) in [5, 5.41) is 11.6. The molecule has 1 aromatic carbocycles. The van der Waals surface area contributed by atoms with Crippen molar-refractivity contribution in [2.75, 3.05) is 7.11 Å². The third kappa shape index (κ3) is 3.87. The van der Waals surface area contributed by atoms with Crippen LogP contribution in [-0.4, -0.2) is 18.9 Å². The Morgan fingerprint density at radius 2 is 2.06 bits per heavy atom. The highest BCUT2D eigenvalue weighted by Crippen LogP contribution is 2.48. The maximum absolute atomic E-state index is 13.1. The van der Waals surface area contributed by atoms with E-state index >= 15 is 0 Å². The van der Waals surface area contributed by atoms with Crippen LogP contribution in [0.15, 0.2) is 58.5 Å². The Kier molecular flexibility index (Phi) is 5.53. The Balaban J connectivity index is 1.76. The van der Waals surface area contributed by atoms with Crippen molar-refractivity contribution in [3.05, 3.63) is 68.9 Å². The van der Waals surface area contributed by atoms with Gasteiger partial charge in [-0.15, -0.1) is 11.3 Å². The lowest BCUT2D eigenvalue weighted by atomic mass is 9.70. The zero-order chi connectivity index (χ0) is 23.0. The van der Waals surface area contributed by atoms with Crippen LogP contribution in [0.25, 0.3) is 0 Å². The third-order valence-electron chi connectivity index (χ3n) is 5.52. The highest BCUT2D eigenvalue weighted by Gasteiger charge is 2.43. The molecule has 2 heterocycles. The number of hydrogen-bond acceptors (Lipinski definition) is 8. The predicted octanol–water partition coefficient (Wildman–Crippen LogP) is 4.43. The van der Waals surface area contributed by atoms with E-state index in [1.165, 1.54) is 18.4 Å². The first-order valence-electron chi connectivity index (χ1n) is 10.0. The Bertz CT molecular complexity index is 1200. The SMILES string of the molecule is COc1cc([C@@H]2C(C#N)=C(N)OC3=C2C(=O)CC(C)(C)C3)ccc1OC(=O)c1cccs1. The van der Waals surface area contributed by atoms with E-state index in [9.17, 15) is 14.9 Å². The summed E-state index contributed by atoms with van der Waals surface area (Å²) in [5.74, 6) is -0.206. The molecule has 0 saturated heterocycles. The molecule has 0 bridgehead atoms. The van der Waals surface area contributed by atoms with Crippen LogP contribution in [-0.2, 0) is 9.53 Å². The second-order valence-corrected chi connectivity index (χ2v) is 9.43. The lowest BCUT2D eigenvalue weighted by Gasteiger charge is -2.37. The van der Waals surface area contributed by atoms with Gasteiger partial charge in [-0.2, -0.15) is 5.26 Å². The molecule has 2 N–H and O–H groups in total. The summed E-state index contributed by atoms with van der Waals surface area (Å²) in [6.07, 6.45) is 0.885. The summed E-state index contributed by atoms with van der Waals surface area (Å²) in [6.45, 7) is 3.99. The number of ketones is 1. The number of allylic oxidation sites excluding steroid dienone is 3. The molecule has 2 aliphatic rings. The van der Waals surface area contributed by atoms with Crippen LogP contribution in [0.5, 0.6) is 11.5 Å². The van der Waals surface area contributed by atoms with Crippen LogP contribution in [0.1, 0.15) is 47.8 Å². The Morgan fingerprint density at radius 3 is 2.72 bits per heavy atom. The molecule has 1 aliphatic carbocycles. The van der Waals surface area contributed by atoms with E-state index in [1.54, 1.807) is 35.7 Å². The molecule has 0 radical (unpaired) electrons. The van der Waals surface area contributed by atoms with Crippen molar-refractivity contribution in [2.24, 2.45) is 11.1 Å². The van der Waals surface area contributed by atoms with Gasteiger partial charge >= 0.3 is 5.97 Å². The zero-order valence-electron chi connectivity index (χ0n) is 17.9. The van der Waals surface area contributed by atoms with Crippen molar-refractivity contribution in [1.82, 2.24) is 0 Å². The minimum atomic E-state index is -0.678. The highest BCUT2D eigenvalue weighted by molar-refractivity contribution is 7.12. The van der Waals surface area contributed by atoms with E-state index in [4.69, 9.17) is 19.9 Å². The van der Waals surface area contributed by atoms with Gasteiger partial charge in [0.1, 0.15) is 22.3 Å². The molecule has 0 fully saturated rings. The predicted molar refractivity (Wildman–Crippen MR) is 118 cm³/mol. The van der Waals surface area contributed by atoms with Gasteiger partial charge in [-0.05, 0) is 34.6 Å². The normalized spacial score (nSPS) is 19.7. The summed E-state index contributed by atoms with van der Waals surface area (Å²) >= 11 is 1.28. The number of ether oxygens (including phenoxy) is 3. The van der Waals surface area contributed by atoms with Gasteiger partial charge < -0.3 is 19.9 Å². The van der Waals surface area contributed by atoms with E-state index in [0.29, 0.717) is 40.4 Å². The summed E-state index contributed by atoms with van der Waals surface area (Å²) in [4.78, 5) is 25.9. The monoisotopic (exact) mass is 450 g/mol. The van der Waals surface area contributed by atoms with Crippen molar-refractivity contribution < 1.29 is 23.8 Å². The molecule has 8 heteroatoms. The average molecular weight is 451 g/mol. The molecule has 32 heavy (non-hydrogen) atoms. The number of nitrogens with zero attached hydrogens (tertiary/aromatic N) is 1. The number of thiophene rings is 1. The van der Waals surface area contributed by atoms with Crippen molar-refractivity contribution in [3.8, 4) is 17.6 Å². The standard InChI is InChI=1S/C24H22N2O5S/c1-24(2)10-15(27)21-18(11-24)30-22(26)14(12-25)20(21)13-6-7-16(17(9-13)29-3)31-23(28)19-5-4-8-32-19/h4-9,20H,10-11,26H2,1-3H3/t20-/m1/s1. The minimum absolute atomic E-state index is 0.00563. The Labute approximate surface area is 189 Å². The van der Waals surface area contributed by atoms with E-state index < -0.39 is 11.9 Å². The number of carbonyl (C=O) groups excluding carboxylic acids is 2. The fraction of sp³-hybridized carbons (Fsp3) is 0.292. The topological polar surface area (TPSA) is 112 Å². The summed E-state index contributed by atoms with van der Waals surface area (Å²) in [6, 6.07) is 10.5. The number of benzene rings is 1. The summed E-state index contributed by atoms with van der Waals surface area (Å²) in [7, 11) is 1.46. The van der Waals surface area contributed by atoms with E-state index in [-0.39, 0.29) is 28.4 Å². The van der Waals surface area contributed by atoms with E-state index in [0.717, 1.165) is 0 Å². The maximum atomic E-state index is 13.1. The lowest BCUT2D eigenvalue weighted by molar-refractivity contribution is -0.119. The van der Waals surface area contributed by atoms with Crippen molar-refractivity contribution >= 4 is 23.1 Å². The van der Waals surface area contributed by atoms with Gasteiger partial charge in [0.25, 0.3) is 0 Å². The van der Waals surface area contributed by atoms with Crippen LogP contribution in [0, 0.1) is 16.7 Å². The van der Waals surface area contributed by atoms with Gasteiger partial charge in [0, 0.05) is 18.4 Å². The number of nitriles is 1. The molecule has 2 aromatic rings. The molecule has 7 nitrogen and oxygen atoms in total. The molecule has 1 atom stereocenters. The first-order chi connectivity index (χ1) is 15.2. The smallest absolute Gasteiger partial charge is 0.353 e. The van der Waals surface area contributed by atoms with Gasteiger partial charge in [0.05, 0.1) is 13.0 Å². The number of carbonyl (C=O) groups is 2. The van der Waals surface area contributed by atoms with Crippen molar-refractivity contribution in [2.45, 2.75) is 32.6 Å². The van der Waals surface area contributed by atoms with Crippen LogP contribution in [0.3, 0.4) is 0 Å². The van der Waals surface area contributed by atoms with Crippen LogP contribution in [0.4, 0.5) is 0 Å². The quantitative estimate of drug-likeness (QED) is 0.542. The number of hydrogen-bond donors (Lipinski definition) is 1. The summed E-state index contributed by atoms with van der Waals surface area (Å²) in [5.41, 5.74) is 7.05. The van der Waals surface area contributed by atoms with E-state index in [2.05, 4.69) is 6.07 Å². The van der Waals surface area contributed by atoms with Gasteiger partial charge in [-0.1, -0.05) is 26.0 Å². The Hall–Kier alpha value is -3.57. The van der Waals surface area contributed by atoms with Crippen LogP contribution in [0.2, 0.25) is 0 Å². The molecule has 1 aliphatic heterocycles. The molecule has 0 unspecified atom stereocenters. The Morgan fingerprint density at radius 1 is 1.28 bits per heavy atom. The fourth-order valence-electron chi connectivity index (χ4n) is 4.11. The largest absolute Gasteiger partial charge is 0.493 e. The van der Waals surface area contributed by atoms with Crippen molar-refractivity contribution in [3.63, 3.8) is 0 Å². The third-order valence-corrected chi connectivity index (χ3v) is 6.37. The van der Waals surface area contributed by atoms with Crippen LogP contribution >= 0.6 is 11.3 Å². The van der Waals surface area contributed by atoms with E-state index in [1.807, 2.05) is 13.8 Å². The lowest BCUT2D eigenvalue weighted by Crippen LogP contribution is -2.33. The number of esters is 1. The second-order valence-electron chi connectivity index (χ2n) is 8.48. The molecular formula is C24H22N2O5S.